The fourth-order valence-electron chi connectivity index (χ4n) is 2.69. The SMILES string of the molecule is CCOC(=O)c1cccc(N=C2SC(=Cc3ccc(OCC(=O)OC)cc3)C(=O)N2C)c1. The molecule has 3 rings (SSSR count). The summed E-state index contributed by atoms with van der Waals surface area (Å²) in [5.41, 5.74) is 1.74. The molecule has 0 atom stereocenters. The summed E-state index contributed by atoms with van der Waals surface area (Å²) in [7, 11) is 2.94. The van der Waals surface area contributed by atoms with Gasteiger partial charge in [0.1, 0.15) is 5.75 Å². The van der Waals surface area contributed by atoms with E-state index in [1.54, 1.807) is 68.6 Å². The molecular weight excluding hydrogens is 432 g/mol. The molecule has 2 aromatic rings. The number of aliphatic imine (C=N–C) groups is 1. The van der Waals surface area contributed by atoms with Crippen molar-refractivity contribution in [1.29, 1.82) is 0 Å². The Kier molecular flexibility index (Phi) is 7.67. The largest absolute Gasteiger partial charge is 0.482 e. The molecule has 9 heteroatoms. The number of benzene rings is 2. The van der Waals surface area contributed by atoms with Crippen LogP contribution in [-0.4, -0.2) is 55.3 Å². The Morgan fingerprint density at radius 2 is 1.91 bits per heavy atom. The smallest absolute Gasteiger partial charge is 0.343 e. The summed E-state index contributed by atoms with van der Waals surface area (Å²) in [6.45, 7) is 1.86. The van der Waals surface area contributed by atoms with Crippen LogP contribution < -0.4 is 4.74 Å². The van der Waals surface area contributed by atoms with Gasteiger partial charge in [0.15, 0.2) is 11.8 Å². The van der Waals surface area contributed by atoms with Gasteiger partial charge in [-0.2, -0.15) is 0 Å². The van der Waals surface area contributed by atoms with Crippen LogP contribution in [0, 0.1) is 0 Å². The van der Waals surface area contributed by atoms with Gasteiger partial charge in [0.05, 0.1) is 29.9 Å². The molecule has 0 spiro atoms. The minimum absolute atomic E-state index is 0.173. The highest BCUT2D eigenvalue weighted by Gasteiger charge is 2.30. The van der Waals surface area contributed by atoms with Gasteiger partial charge >= 0.3 is 11.9 Å². The predicted octanol–water partition coefficient (Wildman–Crippen LogP) is 3.65. The molecule has 1 heterocycles. The lowest BCUT2D eigenvalue weighted by molar-refractivity contribution is -0.142. The lowest BCUT2D eigenvalue weighted by Gasteiger charge is -2.07. The Hall–Kier alpha value is -3.59. The number of amidine groups is 1. The first-order chi connectivity index (χ1) is 15.4. The number of hydrogen-bond donors (Lipinski definition) is 0. The number of esters is 2. The van der Waals surface area contributed by atoms with E-state index in [0.29, 0.717) is 27.1 Å². The molecule has 32 heavy (non-hydrogen) atoms. The second-order valence-electron chi connectivity index (χ2n) is 6.57. The van der Waals surface area contributed by atoms with Crippen LogP contribution in [0.15, 0.2) is 58.4 Å². The molecule has 0 N–H and O–H groups in total. The highest BCUT2D eigenvalue weighted by molar-refractivity contribution is 8.18. The maximum atomic E-state index is 12.7. The van der Waals surface area contributed by atoms with Gasteiger partial charge in [0, 0.05) is 7.05 Å². The van der Waals surface area contributed by atoms with E-state index in [4.69, 9.17) is 9.47 Å². The van der Waals surface area contributed by atoms with Gasteiger partial charge in [-0.25, -0.2) is 14.6 Å². The van der Waals surface area contributed by atoms with Crippen LogP contribution in [0.4, 0.5) is 5.69 Å². The molecule has 1 aliphatic heterocycles. The second kappa shape index (κ2) is 10.6. The molecule has 1 saturated heterocycles. The summed E-state index contributed by atoms with van der Waals surface area (Å²) >= 11 is 1.24. The van der Waals surface area contributed by atoms with Crippen LogP contribution in [0.2, 0.25) is 0 Å². The molecule has 0 aliphatic carbocycles. The summed E-state index contributed by atoms with van der Waals surface area (Å²) in [5.74, 6) is -0.547. The zero-order chi connectivity index (χ0) is 23.1. The Labute approximate surface area is 189 Å². The van der Waals surface area contributed by atoms with Gasteiger partial charge in [-0.05, 0) is 60.7 Å². The molecule has 0 saturated carbocycles. The van der Waals surface area contributed by atoms with Crippen molar-refractivity contribution in [2.24, 2.45) is 4.99 Å². The van der Waals surface area contributed by atoms with Crippen molar-refractivity contribution >= 4 is 46.5 Å². The molecule has 0 unspecified atom stereocenters. The van der Waals surface area contributed by atoms with Crippen LogP contribution in [0.5, 0.6) is 5.75 Å². The van der Waals surface area contributed by atoms with Crippen molar-refractivity contribution in [1.82, 2.24) is 4.90 Å². The predicted molar refractivity (Wildman–Crippen MR) is 122 cm³/mol. The van der Waals surface area contributed by atoms with Crippen LogP contribution >= 0.6 is 11.8 Å². The minimum atomic E-state index is -0.466. The van der Waals surface area contributed by atoms with E-state index >= 15 is 0 Å². The second-order valence-corrected chi connectivity index (χ2v) is 7.58. The number of amides is 1. The van der Waals surface area contributed by atoms with Gasteiger partial charge < -0.3 is 14.2 Å². The zero-order valence-corrected chi connectivity index (χ0v) is 18.7. The molecule has 8 nitrogen and oxygen atoms in total. The highest BCUT2D eigenvalue weighted by Crippen LogP contribution is 2.33. The van der Waals surface area contributed by atoms with Crippen LogP contribution in [0.3, 0.4) is 0 Å². The third-order valence-electron chi connectivity index (χ3n) is 4.35. The van der Waals surface area contributed by atoms with Crippen molar-refractivity contribution in [2.75, 3.05) is 27.4 Å². The monoisotopic (exact) mass is 454 g/mol. The van der Waals surface area contributed by atoms with E-state index in [-0.39, 0.29) is 19.1 Å². The zero-order valence-electron chi connectivity index (χ0n) is 17.9. The number of carbonyl (C=O) groups excluding carboxylic acids is 3. The summed E-state index contributed by atoms with van der Waals surface area (Å²) in [6.07, 6.45) is 1.76. The lowest BCUT2D eigenvalue weighted by Crippen LogP contribution is -2.23. The van der Waals surface area contributed by atoms with Crippen LogP contribution in [0.1, 0.15) is 22.8 Å². The molecule has 0 radical (unpaired) electrons. The van der Waals surface area contributed by atoms with Crippen molar-refractivity contribution in [3.8, 4) is 5.75 Å². The molecule has 2 aromatic carbocycles. The number of carbonyl (C=O) groups is 3. The summed E-state index contributed by atoms with van der Waals surface area (Å²) in [6, 6.07) is 13.7. The average Bonchev–Trinajstić information content (AvgIpc) is 3.06. The van der Waals surface area contributed by atoms with E-state index in [1.165, 1.54) is 23.8 Å². The van der Waals surface area contributed by atoms with Gasteiger partial charge in [-0.3, -0.25) is 9.69 Å². The maximum absolute atomic E-state index is 12.7. The molecule has 1 fully saturated rings. The summed E-state index contributed by atoms with van der Waals surface area (Å²) < 4.78 is 14.9. The maximum Gasteiger partial charge on any atom is 0.343 e. The Morgan fingerprint density at radius 1 is 1.16 bits per heavy atom. The molecular formula is C23H22N2O6S. The average molecular weight is 455 g/mol. The lowest BCUT2D eigenvalue weighted by atomic mass is 10.2. The number of nitrogens with zero attached hydrogens (tertiary/aromatic N) is 2. The summed E-state index contributed by atoms with van der Waals surface area (Å²) in [4.78, 5) is 42.2. The third kappa shape index (κ3) is 5.76. The number of thioether (sulfide) groups is 1. The first kappa shape index (κ1) is 23.1. The number of hydrogen-bond acceptors (Lipinski definition) is 8. The van der Waals surface area contributed by atoms with E-state index in [1.807, 2.05) is 0 Å². The Balaban J connectivity index is 1.74. The molecule has 0 aromatic heterocycles. The third-order valence-corrected chi connectivity index (χ3v) is 5.41. The Bertz CT molecular complexity index is 1080. The van der Waals surface area contributed by atoms with Crippen molar-refractivity contribution in [3.05, 3.63) is 64.6 Å². The van der Waals surface area contributed by atoms with Gasteiger partial charge in [0.25, 0.3) is 5.91 Å². The molecule has 0 bridgehead atoms. The highest BCUT2D eigenvalue weighted by atomic mass is 32.2. The first-order valence-electron chi connectivity index (χ1n) is 9.74. The molecule has 166 valence electrons. The molecule has 1 amide bonds. The van der Waals surface area contributed by atoms with Gasteiger partial charge in [-0.1, -0.05) is 18.2 Å². The van der Waals surface area contributed by atoms with E-state index in [0.717, 1.165) is 5.56 Å². The standard InChI is InChI=1S/C23H22N2O6S/c1-4-30-22(28)16-6-5-7-17(13-16)24-23-25(2)21(27)19(32-23)12-15-8-10-18(11-9-15)31-14-20(26)29-3/h5-13H,4,14H2,1-3H3. The first-order valence-corrected chi connectivity index (χ1v) is 10.6. The topological polar surface area (TPSA) is 94.5 Å². The normalized spacial score (nSPS) is 15.8. The van der Waals surface area contributed by atoms with E-state index in [2.05, 4.69) is 9.73 Å². The van der Waals surface area contributed by atoms with Crippen LogP contribution in [0.25, 0.3) is 6.08 Å². The van der Waals surface area contributed by atoms with Crippen LogP contribution in [-0.2, 0) is 19.1 Å². The van der Waals surface area contributed by atoms with Gasteiger partial charge in [0.2, 0.25) is 0 Å². The quantitative estimate of drug-likeness (QED) is 0.466. The number of ether oxygens (including phenoxy) is 3. The van der Waals surface area contributed by atoms with E-state index in [9.17, 15) is 14.4 Å². The van der Waals surface area contributed by atoms with Crippen molar-refractivity contribution in [3.63, 3.8) is 0 Å². The molecule has 1 aliphatic rings. The van der Waals surface area contributed by atoms with Crippen molar-refractivity contribution in [2.45, 2.75) is 6.92 Å². The fraction of sp³-hybridized carbons (Fsp3) is 0.217. The number of methoxy groups -OCH3 is 1. The summed E-state index contributed by atoms with van der Waals surface area (Å²) in [5, 5.41) is 0.500. The fourth-order valence-corrected chi connectivity index (χ4v) is 3.68. The van der Waals surface area contributed by atoms with E-state index < -0.39 is 11.9 Å². The Morgan fingerprint density at radius 3 is 2.59 bits per heavy atom. The minimum Gasteiger partial charge on any atom is -0.482 e. The van der Waals surface area contributed by atoms with Gasteiger partial charge in [-0.15, -0.1) is 0 Å². The van der Waals surface area contributed by atoms with Crippen molar-refractivity contribution < 1.29 is 28.6 Å². The number of likely N-dealkylation sites (N-methyl/N-ethyl adjacent to an activating group) is 1. The number of rotatable bonds is 7.